The van der Waals surface area contributed by atoms with Crippen LogP contribution in [0.3, 0.4) is 0 Å². The van der Waals surface area contributed by atoms with E-state index in [0.717, 1.165) is 12.1 Å². The molecule has 1 nitrogen and oxygen atoms in total. The van der Waals surface area contributed by atoms with Gasteiger partial charge in [0.2, 0.25) is 5.78 Å². The van der Waals surface area contributed by atoms with E-state index in [4.69, 9.17) is 6.42 Å². The van der Waals surface area contributed by atoms with E-state index >= 15 is 0 Å². The number of carbonyl (C=O) groups excluding carboxylic acids is 1. The van der Waals surface area contributed by atoms with Gasteiger partial charge in [0.1, 0.15) is 0 Å². The highest BCUT2D eigenvalue weighted by Crippen LogP contribution is 2.33. The number of rotatable bonds is 1. The second kappa shape index (κ2) is 4.07. The Morgan fingerprint density at radius 1 is 1.40 bits per heavy atom. The summed E-state index contributed by atoms with van der Waals surface area (Å²) in [6, 6.07) is 3.21. The zero-order chi connectivity index (χ0) is 11.6. The summed E-state index contributed by atoms with van der Waals surface area (Å²) in [6.07, 6.45) is 0.184. The fraction of sp³-hybridized carbons (Fsp3) is 0.100. The molecule has 78 valence electrons. The van der Waals surface area contributed by atoms with Crippen LogP contribution in [0.25, 0.3) is 0 Å². The first-order valence-electron chi connectivity index (χ1n) is 3.74. The molecule has 0 aromatic heterocycles. The van der Waals surface area contributed by atoms with E-state index in [1.807, 2.05) is 0 Å². The van der Waals surface area contributed by atoms with E-state index in [-0.39, 0.29) is 4.47 Å². The molecule has 1 aromatic rings. The van der Waals surface area contributed by atoms with Gasteiger partial charge in [-0.1, -0.05) is 15.9 Å². The van der Waals surface area contributed by atoms with E-state index in [0.29, 0.717) is 0 Å². The predicted octanol–water partition coefficient (Wildman–Crippen LogP) is 3.28. The van der Waals surface area contributed by atoms with Crippen molar-refractivity contribution in [1.29, 1.82) is 0 Å². The lowest BCUT2D eigenvalue weighted by molar-refractivity contribution is -0.137. The lowest BCUT2D eigenvalue weighted by Crippen LogP contribution is -2.12. The highest BCUT2D eigenvalue weighted by atomic mass is 79.9. The molecule has 0 N–H and O–H groups in total. The van der Waals surface area contributed by atoms with E-state index in [2.05, 4.69) is 15.9 Å². The van der Waals surface area contributed by atoms with Gasteiger partial charge in [0, 0.05) is 10.0 Å². The van der Waals surface area contributed by atoms with Crippen LogP contribution in [0.15, 0.2) is 22.7 Å². The Morgan fingerprint density at radius 3 is 2.47 bits per heavy atom. The molecule has 0 saturated carbocycles. The molecule has 0 bridgehead atoms. The smallest absolute Gasteiger partial charge is 0.279 e. The number of hydrogen-bond donors (Lipinski definition) is 0. The summed E-state index contributed by atoms with van der Waals surface area (Å²) in [6.45, 7) is 0. The molecule has 0 fully saturated rings. The number of carbonyl (C=O) groups is 1. The number of benzene rings is 1. The molecule has 0 radical (unpaired) electrons. The first kappa shape index (κ1) is 11.8. The third kappa shape index (κ3) is 2.60. The minimum absolute atomic E-state index is 0.239. The number of halogens is 4. The monoisotopic (exact) mass is 276 g/mol. The average molecular weight is 277 g/mol. The van der Waals surface area contributed by atoms with Crippen molar-refractivity contribution < 1.29 is 18.0 Å². The van der Waals surface area contributed by atoms with Gasteiger partial charge in [-0.3, -0.25) is 4.79 Å². The Bertz CT molecular complexity index is 443. The topological polar surface area (TPSA) is 17.1 Å². The Labute approximate surface area is 92.4 Å². The molecule has 1 aromatic carbocycles. The van der Waals surface area contributed by atoms with Crippen molar-refractivity contribution in [3.8, 4) is 12.3 Å². The molecule has 0 aliphatic carbocycles. The molecular weight excluding hydrogens is 273 g/mol. The number of ketones is 1. The number of alkyl halides is 3. The lowest BCUT2D eigenvalue weighted by atomic mass is 10.0. The van der Waals surface area contributed by atoms with E-state index in [9.17, 15) is 18.0 Å². The first-order valence-corrected chi connectivity index (χ1v) is 4.53. The third-order valence-corrected chi connectivity index (χ3v) is 2.16. The molecule has 5 heteroatoms. The van der Waals surface area contributed by atoms with E-state index < -0.39 is 23.1 Å². The number of Topliss-reactive ketones (excluding diaryl/α,β-unsaturated/α-hetero) is 1. The lowest BCUT2D eigenvalue weighted by Gasteiger charge is -2.10. The number of hydrogen-bond acceptors (Lipinski definition) is 1. The first-order chi connectivity index (χ1) is 6.86. The van der Waals surface area contributed by atoms with Crippen molar-refractivity contribution >= 4 is 21.7 Å². The molecule has 0 aliphatic heterocycles. The van der Waals surface area contributed by atoms with Gasteiger partial charge in [0.05, 0.1) is 5.56 Å². The summed E-state index contributed by atoms with van der Waals surface area (Å²) >= 11 is 2.90. The SMILES string of the molecule is C#CC(=O)c1ccc(Br)cc1C(F)(F)F. The van der Waals surface area contributed by atoms with Crippen LogP contribution < -0.4 is 0 Å². The maximum atomic E-state index is 12.5. The summed E-state index contributed by atoms with van der Waals surface area (Å²) in [5.74, 6) is 0.682. The van der Waals surface area contributed by atoms with Crippen LogP contribution in [0.4, 0.5) is 13.2 Å². The Balaban J connectivity index is 3.41. The zero-order valence-electron chi connectivity index (χ0n) is 7.23. The molecule has 0 atom stereocenters. The van der Waals surface area contributed by atoms with Gasteiger partial charge < -0.3 is 0 Å². The average Bonchev–Trinajstić information content (AvgIpc) is 2.15. The molecule has 0 amide bonds. The van der Waals surface area contributed by atoms with Crippen molar-refractivity contribution in [2.24, 2.45) is 0 Å². The second-order valence-electron chi connectivity index (χ2n) is 2.66. The molecule has 0 heterocycles. The van der Waals surface area contributed by atoms with Crippen LogP contribution in [0.1, 0.15) is 15.9 Å². The second-order valence-corrected chi connectivity index (χ2v) is 3.58. The summed E-state index contributed by atoms with van der Waals surface area (Å²) in [7, 11) is 0. The van der Waals surface area contributed by atoms with Gasteiger partial charge in [-0.15, -0.1) is 6.42 Å². The molecule has 0 spiro atoms. The fourth-order valence-electron chi connectivity index (χ4n) is 1.03. The molecule has 1 rings (SSSR count). The van der Waals surface area contributed by atoms with Gasteiger partial charge >= 0.3 is 6.18 Å². The highest BCUT2D eigenvalue weighted by Gasteiger charge is 2.34. The maximum Gasteiger partial charge on any atom is 0.417 e. The molecule has 0 saturated heterocycles. The maximum absolute atomic E-state index is 12.5. The normalized spacial score (nSPS) is 10.9. The van der Waals surface area contributed by atoms with Crippen LogP contribution in [0.2, 0.25) is 0 Å². The van der Waals surface area contributed by atoms with E-state index in [1.165, 1.54) is 6.07 Å². The van der Waals surface area contributed by atoms with Crippen LogP contribution in [-0.4, -0.2) is 5.78 Å². The van der Waals surface area contributed by atoms with Gasteiger partial charge in [-0.05, 0) is 24.1 Å². The summed E-state index contributed by atoms with van der Waals surface area (Å²) in [5, 5.41) is 0. The number of terminal acetylenes is 1. The van der Waals surface area contributed by atoms with Crippen LogP contribution in [0.5, 0.6) is 0 Å². The van der Waals surface area contributed by atoms with E-state index in [1.54, 1.807) is 5.92 Å². The Morgan fingerprint density at radius 2 is 2.00 bits per heavy atom. The van der Waals surface area contributed by atoms with Crippen LogP contribution >= 0.6 is 15.9 Å². The Kier molecular flexibility index (Phi) is 3.20. The van der Waals surface area contributed by atoms with Crippen molar-refractivity contribution in [2.75, 3.05) is 0 Å². The predicted molar refractivity (Wildman–Crippen MR) is 52.3 cm³/mol. The standard InChI is InChI=1S/C10H4BrF3O/c1-2-9(15)7-4-3-6(11)5-8(7)10(12,13)14/h1,3-5H. The van der Waals surface area contributed by atoms with Crippen molar-refractivity contribution in [1.82, 2.24) is 0 Å². The van der Waals surface area contributed by atoms with Gasteiger partial charge in [-0.25, -0.2) is 0 Å². The van der Waals surface area contributed by atoms with Crippen molar-refractivity contribution in [3.05, 3.63) is 33.8 Å². The third-order valence-electron chi connectivity index (χ3n) is 1.66. The highest BCUT2D eigenvalue weighted by molar-refractivity contribution is 9.10. The quantitative estimate of drug-likeness (QED) is 0.437. The largest absolute Gasteiger partial charge is 0.417 e. The Hall–Kier alpha value is -1.28. The van der Waals surface area contributed by atoms with Crippen LogP contribution in [-0.2, 0) is 6.18 Å². The minimum atomic E-state index is -4.59. The summed E-state index contributed by atoms with van der Waals surface area (Å²) < 4.78 is 37.7. The minimum Gasteiger partial charge on any atom is -0.279 e. The van der Waals surface area contributed by atoms with Crippen molar-refractivity contribution in [3.63, 3.8) is 0 Å². The van der Waals surface area contributed by atoms with Crippen LogP contribution in [0, 0.1) is 12.3 Å². The molecule has 15 heavy (non-hydrogen) atoms. The van der Waals surface area contributed by atoms with Gasteiger partial charge in [-0.2, -0.15) is 13.2 Å². The summed E-state index contributed by atoms with van der Waals surface area (Å²) in [4.78, 5) is 11.0. The zero-order valence-corrected chi connectivity index (χ0v) is 8.82. The van der Waals surface area contributed by atoms with Gasteiger partial charge in [0.15, 0.2) is 0 Å². The van der Waals surface area contributed by atoms with Gasteiger partial charge in [0.25, 0.3) is 0 Å². The van der Waals surface area contributed by atoms with Crippen molar-refractivity contribution in [2.45, 2.75) is 6.18 Å². The molecular formula is C10H4BrF3O. The molecule has 0 aliphatic rings. The summed E-state index contributed by atoms with van der Waals surface area (Å²) in [5.41, 5.74) is -1.53. The molecule has 0 unspecified atom stereocenters. The fourth-order valence-corrected chi connectivity index (χ4v) is 1.39.